The molecule has 2 fully saturated rings. The molecule has 6 atom stereocenters. The number of aromatic nitrogens is 2. The zero-order valence-corrected chi connectivity index (χ0v) is 18.3. The molecule has 7 nitrogen and oxygen atoms in total. The van der Waals surface area contributed by atoms with Crippen LogP contribution >= 0.6 is 24.8 Å². The molecule has 0 bridgehead atoms. The quantitative estimate of drug-likeness (QED) is 0.431. The molecule has 1 saturated heterocycles. The van der Waals surface area contributed by atoms with Crippen LogP contribution in [0.15, 0.2) is 18.2 Å². The molecule has 0 radical (unpaired) electrons. The summed E-state index contributed by atoms with van der Waals surface area (Å²) in [5, 5.41) is 26.8. The van der Waals surface area contributed by atoms with Gasteiger partial charge in [0.2, 0.25) is 5.91 Å². The number of hydrogen-bond donors (Lipinski definition) is 5. The molecule has 5 N–H and O–H groups in total. The first-order chi connectivity index (χ1) is 13.5. The molecular weight excluding hydrogens is 434 g/mol. The molecule has 1 aromatic carbocycles. The maximum Gasteiger partial charge on any atom is 0.223 e. The predicted octanol–water partition coefficient (Wildman–Crippen LogP) is 1.42. The van der Waals surface area contributed by atoms with Gasteiger partial charge in [-0.3, -0.25) is 4.79 Å². The molecule has 168 valence electrons. The Bertz CT molecular complexity index is 868. The van der Waals surface area contributed by atoms with Gasteiger partial charge in [-0.15, -0.1) is 24.8 Å². The third-order valence-electron chi connectivity index (χ3n) is 6.35. The van der Waals surface area contributed by atoms with Crippen molar-refractivity contribution in [3.63, 3.8) is 0 Å². The third kappa shape index (κ3) is 4.73. The molecule has 2 heterocycles. The summed E-state index contributed by atoms with van der Waals surface area (Å²) in [7, 11) is 0. The second-order valence-electron chi connectivity index (χ2n) is 8.09. The Morgan fingerprint density at radius 3 is 2.73 bits per heavy atom. The standard InChI is InChI=1S/C20H27FN4O3.2ClH/c1-10-17(12-8-22-9-13(12)19(27)18(10)26)20(28)23-6-2-3-16-24-14-5-4-11(21)7-15(14)25-16;;/h4-5,7,10,12-13,17-19,22,26-27H,2-3,6,8-9H2,1H3,(H,23,28)(H,24,25);2*1H/t10-,12+,13+,17+,18+,19+;;/m1../s1. The Morgan fingerprint density at radius 1 is 1.23 bits per heavy atom. The summed E-state index contributed by atoms with van der Waals surface area (Å²) in [6, 6.07) is 4.45. The number of aryl methyl sites for hydroxylation is 1. The number of aliphatic hydroxyl groups excluding tert-OH is 2. The van der Waals surface area contributed by atoms with Gasteiger partial charge >= 0.3 is 0 Å². The summed E-state index contributed by atoms with van der Waals surface area (Å²) in [6.45, 7) is 3.65. The minimum atomic E-state index is -0.882. The van der Waals surface area contributed by atoms with E-state index in [2.05, 4.69) is 20.6 Å². The number of carbonyl (C=O) groups excluding carboxylic acids is 1. The number of nitrogens with zero attached hydrogens (tertiary/aromatic N) is 1. The smallest absolute Gasteiger partial charge is 0.223 e. The number of halogens is 3. The number of fused-ring (bicyclic) bond motifs is 2. The van der Waals surface area contributed by atoms with Crippen molar-refractivity contribution in [3.05, 3.63) is 29.8 Å². The van der Waals surface area contributed by atoms with Crippen molar-refractivity contribution < 1.29 is 19.4 Å². The summed E-state index contributed by atoms with van der Waals surface area (Å²) >= 11 is 0. The van der Waals surface area contributed by atoms with Crippen molar-refractivity contribution in [1.82, 2.24) is 20.6 Å². The molecule has 1 saturated carbocycles. The Balaban J connectivity index is 0.00000160. The normalized spacial score (nSPS) is 30.3. The first-order valence-electron chi connectivity index (χ1n) is 9.94. The molecule has 10 heteroatoms. The van der Waals surface area contributed by atoms with Crippen LogP contribution in [0.4, 0.5) is 4.39 Å². The van der Waals surface area contributed by atoms with Gasteiger partial charge in [0, 0.05) is 31.3 Å². The van der Waals surface area contributed by atoms with E-state index in [1.165, 1.54) is 12.1 Å². The van der Waals surface area contributed by atoms with E-state index < -0.39 is 12.2 Å². The summed E-state index contributed by atoms with van der Waals surface area (Å²) in [5.41, 5.74) is 1.39. The van der Waals surface area contributed by atoms with Gasteiger partial charge in [0.25, 0.3) is 0 Å². The van der Waals surface area contributed by atoms with Gasteiger partial charge in [-0.25, -0.2) is 9.37 Å². The van der Waals surface area contributed by atoms with E-state index >= 15 is 0 Å². The van der Waals surface area contributed by atoms with Gasteiger partial charge in [0.1, 0.15) is 11.6 Å². The van der Waals surface area contributed by atoms with Crippen molar-refractivity contribution in [2.45, 2.75) is 32.0 Å². The van der Waals surface area contributed by atoms with Crippen LogP contribution in [0.3, 0.4) is 0 Å². The summed E-state index contributed by atoms with van der Waals surface area (Å²) < 4.78 is 13.3. The van der Waals surface area contributed by atoms with Crippen molar-refractivity contribution in [1.29, 1.82) is 0 Å². The van der Waals surface area contributed by atoms with E-state index in [9.17, 15) is 19.4 Å². The van der Waals surface area contributed by atoms with Gasteiger partial charge in [-0.05, 0) is 43.0 Å². The lowest BCUT2D eigenvalue weighted by molar-refractivity contribution is -0.145. The molecule has 2 aliphatic rings. The van der Waals surface area contributed by atoms with Crippen LogP contribution < -0.4 is 10.6 Å². The highest BCUT2D eigenvalue weighted by molar-refractivity contribution is 5.85. The van der Waals surface area contributed by atoms with E-state index in [1.54, 1.807) is 6.07 Å². The third-order valence-corrected chi connectivity index (χ3v) is 6.35. The maximum atomic E-state index is 13.3. The van der Waals surface area contributed by atoms with Gasteiger partial charge in [0.05, 0.1) is 23.2 Å². The first kappa shape index (κ1) is 24.8. The van der Waals surface area contributed by atoms with Crippen molar-refractivity contribution in [2.24, 2.45) is 23.7 Å². The first-order valence-corrected chi connectivity index (χ1v) is 9.94. The van der Waals surface area contributed by atoms with E-state index in [-0.39, 0.29) is 60.2 Å². The number of carbonyl (C=O) groups is 1. The van der Waals surface area contributed by atoms with Gasteiger partial charge in [-0.2, -0.15) is 0 Å². The van der Waals surface area contributed by atoms with Crippen LogP contribution in [0.5, 0.6) is 0 Å². The number of aromatic amines is 1. The Hall–Kier alpha value is -1.45. The topological polar surface area (TPSA) is 110 Å². The van der Waals surface area contributed by atoms with E-state index in [0.29, 0.717) is 38.0 Å². The fourth-order valence-corrected chi connectivity index (χ4v) is 4.82. The average Bonchev–Trinajstić information content (AvgIpc) is 3.30. The molecule has 1 amide bonds. The van der Waals surface area contributed by atoms with Crippen molar-refractivity contribution in [3.8, 4) is 0 Å². The van der Waals surface area contributed by atoms with Crippen LogP contribution in [-0.4, -0.2) is 57.9 Å². The number of hydrogen-bond acceptors (Lipinski definition) is 5. The number of imidazole rings is 1. The predicted molar refractivity (Wildman–Crippen MR) is 116 cm³/mol. The molecular formula is C20H29Cl2FN4O3. The van der Waals surface area contributed by atoms with Crippen LogP contribution in [0.25, 0.3) is 11.0 Å². The van der Waals surface area contributed by atoms with Crippen LogP contribution in [-0.2, 0) is 11.2 Å². The number of amides is 1. The van der Waals surface area contributed by atoms with Crippen molar-refractivity contribution in [2.75, 3.05) is 19.6 Å². The van der Waals surface area contributed by atoms with Gasteiger partial charge < -0.3 is 25.8 Å². The number of aliphatic hydroxyl groups is 2. The zero-order valence-electron chi connectivity index (χ0n) is 16.7. The number of rotatable bonds is 5. The largest absolute Gasteiger partial charge is 0.390 e. The summed E-state index contributed by atoms with van der Waals surface area (Å²) in [4.78, 5) is 20.3. The van der Waals surface area contributed by atoms with E-state index in [4.69, 9.17) is 0 Å². The van der Waals surface area contributed by atoms with Crippen LogP contribution in [0, 0.1) is 29.5 Å². The lowest BCUT2D eigenvalue weighted by Crippen LogP contribution is -2.55. The summed E-state index contributed by atoms with van der Waals surface area (Å²) in [6.07, 6.45) is -0.317. The van der Waals surface area contributed by atoms with Crippen LogP contribution in [0.2, 0.25) is 0 Å². The molecule has 1 aromatic heterocycles. The highest BCUT2D eigenvalue weighted by atomic mass is 35.5. The molecule has 0 unspecified atom stereocenters. The second-order valence-corrected chi connectivity index (χ2v) is 8.09. The lowest BCUT2D eigenvalue weighted by Gasteiger charge is -2.43. The fourth-order valence-electron chi connectivity index (χ4n) is 4.82. The lowest BCUT2D eigenvalue weighted by atomic mass is 9.65. The van der Waals surface area contributed by atoms with Crippen molar-refractivity contribution >= 4 is 41.8 Å². The minimum absolute atomic E-state index is 0. The molecule has 0 spiro atoms. The monoisotopic (exact) mass is 462 g/mol. The summed E-state index contributed by atoms with van der Waals surface area (Å²) in [5.74, 6) is -0.252. The van der Waals surface area contributed by atoms with Gasteiger partial charge in [-0.1, -0.05) is 6.92 Å². The zero-order chi connectivity index (χ0) is 19.8. The molecule has 2 aromatic rings. The minimum Gasteiger partial charge on any atom is -0.390 e. The Kier molecular flexibility index (Phi) is 8.47. The second kappa shape index (κ2) is 10.2. The Labute approximate surface area is 187 Å². The number of nitrogens with one attached hydrogen (secondary N) is 3. The molecule has 4 rings (SSSR count). The van der Waals surface area contributed by atoms with Gasteiger partial charge in [0.15, 0.2) is 0 Å². The Morgan fingerprint density at radius 2 is 1.97 bits per heavy atom. The average molecular weight is 463 g/mol. The molecule has 1 aliphatic heterocycles. The maximum absolute atomic E-state index is 13.3. The SMILES string of the molecule is C[C@H]1[C@H](O)[C@@H](O)[C@H]2CNC[C@@H]2[C@H]1C(=O)NCCCc1nc2ccc(F)cc2[nH]1.Cl.Cl. The molecule has 30 heavy (non-hydrogen) atoms. The van der Waals surface area contributed by atoms with Crippen LogP contribution in [0.1, 0.15) is 19.2 Å². The number of benzene rings is 1. The molecule has 1 aliphatic carbocycles. The fraction of sp³-hybridized carbons (Fsp3) is 0.600. The van der Waals surface area contributed by atoms with E-state index in [0.717, 1.165) is 11.3 Å². The van der Waals surface area contributed by atoms with E-state index in [1.807, 2.05) is 6.92 Å². The highest BCUT2D eigenvalue weighted by Gasteiger charge is 2.52. The highest BCUT2D eigenvalue weighted by Crippen LogP contribution is 2.41. The number of H-pyrrole nitrogens is 1.